The molecule has 0 amide bonds. The summed E-state index contributed by atoms with van der Waals surface area (Å²) in [6.45, 7) is 0. The first kappa shape index (κ1) is 4.24. The van der Waals surface area contributed by atoms with Gasteiger partial charge in [0.25, 0.3) is 5.30 Å². The lowest BCUT2D eigenvalue weighted by Crippen LogP contribution is -1.87. The second-order valence-corrected chi connectivity index (χ2v) is 3.07. The van der Waals surface area contributed by atoms with Crippen LogP contribution in [0.5, 0.6) is 0 Å². The Labute approximate surface area is 45.4 Å². The Morgan fingerprint density at radius 1 is 1.75 bits per heavy atom. The average molecular weight is 128 g/mol. The Hall–Kier alpha value is -0.660. The van der Waals surface area contributed by atoms with E-state index in [-0.39, 0.29) is 0 Å². The lowest BCUT2D eigenvalue weighted by molar-refractivity contribution is -0.147. The Balaban J connectivity index is 2.90. The predicted molar refractivity (Wildman–Crippen MR) is 26.5 cm³/mol. The van der Waals surface area contributed by atoms with Gasteiger partial charge < -0.3 is 9.31 Å². The van der Waals surface area contributed by atoms with Crippen molar-refractivity contribution in [3.05, 3.63) is 16.7 Å². The maximum atomic E-state index is 10.5. The van der Waals surface area contributed by atoms with E-state index in [4.69, 9.17) is 0 Å². The largest absolute Gasteiger partial charge is 0.625 e. The standard InChI is InChI=1S/C4HO3P/c5-4-3-2(1-7-4)8(3)6/h1H. The normalized spacial score (nSPS) is 13.9. The summed E-state index contributed by atoms with van der Waals surface area (Å²) in [5, 5.41) is 0.991. The summed E-state index contributed by atoms with van der Waals surface area (Å²) in [6, 6.07) is 0. The first-order chi connectivity index (χ1) is 3.80. The molecule has 0 spiro atoms. The highest BCUT2D eigenvalue weighted by Crippen LogP contribution is 2.54. The van der Waals surface area contributed by atoms with Crippen LogP contribution >= 0.6 is 7.76 Å². The van der Waals surface area contributed by atoms with E-state index >= 15 is 0 Å². The molecule has 0 aromatic heterocycles. The van der Waals surface area contributed by atoms with E-state index < -0.39 is 13.4 Å². The summed E-state index contributed by atoms with van der Waals surface area (Å²) in [6.07, 6.45) is 1.26. The monoisotopic (exact) mass is 128 g/mol. The Morgan fingerprint density at radius 2 is 2.50 bits per heavy atom. The van der Waals surface area contributed by atoms with Gasteiger partial charge in [-0.1, -0.05) is 0 Å². The highest BCUT2D eigenvalue weighted by atomic mass is 31.1. The molecule has 2 rings (SSSR count). The third-order valence-corrected chi connectivity index (χ3v) is 2.46. The molecular weight excluding hydrogens is 127 g/mol. The topological polar surface area (TPSA) is 53.3 Å². The van der Waals surface area contributed by atoms with Crippen molar-refractivity contribution in [2.45, 2.75) is 0 Å². The van der Waals surface area contributed by atoms with E-state index in [9.17, 15) is 9.69 Å². The molecule has 0 fully saturated rings. The molecule has 4 heteroatoms. The van der Waals surface area contributed by atoms with Crippen molar-refractivity contribution in [2.24, 2.45) is 0 Å². The Bertz CT molecular complexity index is 301. The van der Waals surface area contributed by atoms with Gasteiger partial charge in [-0.2, -0.15) is 0 Å². The van der Waals surface area contributed by atoms with Crippen LogP contribution in [-0.4, -0.2) is 0 Å². The lowest BCUT2D eigenvalue weighted by atomic mass is 10.5. The van der Waals surface area contributed by atoms with E-state index in [1.54, 1.807) is 0 Å². The van der Waals surface area contributed by atoms with Gasteiger partial charge in [-0.25, -0.2) is 4.79 Å². The lowest BCUT2D eigenvalue weighted by Gasteiger charge is -1.63. The van der Waals surface area contributed by atoms with E-state index in [0.29, 0.717) is 10.6 Å². The van der Waals surface area contributed by atoms with Crippen molar-refractivity contribution in [2.75, 3.05) is 0 Å². The maximum absolute atomic E-state index is 10.5. The second kappa shape index (κ2) is 1.02. The number of furan rings is 1. The number of fused-ring (bicyclic) bond motifs is 1. The van der Waals surface area contributed by atoms with Gasteiger partial charge in [-0.15, -0.1) is 0 Å². The molecule has 0 N–H and O–H groups in total. The molecule has 1 unspecified atom stereocenters. The van der Waals surface area contributed by atoms with Crippen molar-refractivity contribution in [3.8, 4) is 10.6 Å². The van der Waals surface area contributed by atoms with Crippen LogP contribution in [0.4, 0.5) is 0 Å². The molecule has 2 aliphatic heterocycles. The van der Waals surface area contributed by atoms with Crippen molar-refractivity contribution in [3.63, 3.8) is 0 Å². The third-order valence-electron chi connectivity index (χ3n) is 1.09. The average Bonchev–Trinajstić information content (AvgIpc) is 2.13. The molecule has 0 saturated heterocycles. The fraction of sp³-hybridized carbons (Fsp3) is 0. The third kappa shape index (κ3) is 0.299. The van der Waals surface area contributed by atoms with E-state index in [2.05, 4.69) is 4.42 Å². The molecule has 2 heterocycles. The van der Waals surface area contributed by atoms with Crippen LogP contribution < -0.4 is 10.5 Å². The van der Waals surface area contributed by atoms with Gasteiger partial charge in [0.05, 0.1) is 0 Å². The fourth-order valence-electron chi connectivity index (χ4n) is 0.618. The first-order valence-corrected chi connectivity index (χ1v) is 3.32. The van der Waals surface area contributed by atoms with Gasteiger partial charge in [-0.3, -0.25) is 0 Å². The molecule has 0 aliphatic carbocycles. The van der Waals surface area contributed by atoms with Crippen LogP contribution in [0.1, 0.15) is 0 Å². The van der Waals surface area contributed by atoms with Gasteiger partial charge in [0.2, 0.25) is 5.30 Å². The smallest absolute Gasteiger partial charge is 0.391 e. The Morgan fingerprint density at radius 3 is 2.75 bits per heavy atom. The molecule has 0 radical (unpaired) electrons. The zero-order valence-corrected chi connectivity index (χ0v) is 4.64. The van der Waals surface area contributed by atoms with Gasteiger partial charge in [0.15, 0.2) is 0 Å². The van der Waals surface area contributed by atoms with E-state index in [1.165, 1.54) is 6.26 Å². The quantitative estimate of drug-likeness (QED) is 0.502. The van der Waals surface area contributed by atoms with E-state index in [0.717, 1.165) is 0 Å². The molecule has 0 aromatic rings. The van der Waals surface area contributed by atoms with Crippen molar-refractivity contribution in [1.82, 2.24) is 0 Å². The molecule has 0 aromatic carbocycles. The summed E-state index contributed by atoms with van der Waals surface area (Å²) >= 11 is 0. The minimum absolute atomic E-state index is 0.389. The van der Waals surface area contributed by atoms with Crippen LogP contribution in [0.2, 0.25) is 0 Å². The zero-order chi connectivity index (χ0) is 5.72. The van der Waals surface area contributed by atoms with Crippen LogP contribution in [0.15, 0.2) is 15.5 Å². The molecule has 40 valence electrons. The number of rotatable bonds is 0. The highest BCUT2D eigenvalue weighted by molar-refractivity contribution is 7.58. The molecule has 1 atom stereocenters. The van der Waals surface area contributed by atoms with Gasteiger partial charge >= 0.3 is 5.63 Å². The van der Waals surface area contributed by atoms with Gasteiger partial charge in [-0.05, 0) is 0 Å². The molecule has 3 nitrogen and oxygen atoms in total. The fourth-order valence-corrected chi connectivity index (χ4v) is 1.58. The van der Waals surface area contributed by atoms with E-state index in [1.807, 2.05) is 0 Å². The van der Waals surface area contributed by atoms with Crippen LogP contribution in [0, 0.1) is 0 Å². The zero-order valence-electron chi connectivity index (χ0n) is 3.75. The molecular formula is C4HO3P. The van der Waals surface area contributed by atoms with Gasteiger partial charge in [0.1, 0.15) is 14.0 Å². The first-order valence-electron chi connectivity index (χ1n) is 2.06. The van der Waals surface area contributed by atoms with Crippen molar-refractivity contribution >= 4 is 7.76 Å². The minimum Gasteiger partial charge on any atom is -0.625 e. The molecule has 0 bridgehead atoms. The van der Waals surface area contributed by atoms with Crippen LogP contribution in [-0.2, 0) is 0 Å². The molecule has 2 aliphatic rings. The summed E-state index contributed by atoms with van der Waals surface area (Å²) < 4.78 is 4.36. The molecule has 0 saturated carbocycles. The van der Waals surface area contributed by atoms with Crippen LogP contribution in [0.3, 0.4) is 0 Å². The van der Waals surface area contributed by atoms with Crippen molar-refractivity contribution in [1.29, 1.82) is 0 Å². The molecule has 8 heavy (non-hydrogen) atoms. The summed E-state index contributed by atoms with van der Waals surface area (Å²) in [5.74, 6) is 0. The Kier molecular flexibility index (Phi) is 0.539. The maximum Gasteiger partial charge on any atom is 0.391 e. The number of hydrogen-bond donors (Lipinski definition) is 0. The van der Waals surface area contributed by atoms with Gasteiger partial charge in [0, 0.05) is 0 Å². The SMILES string of the molecule is O=c1occ2[p+]([O-])c1-2. The summed E-state index contributed by atoms with van der Waals surface area (Å²) in [5.41, 5.74) is -0.430. The predicted octanol–water partition coefficient (Wildman–Crippen LogP) is 0.0113. The summed E-state index contributed by atoms with van der Waals surface area (Å²) in [7, 11) is -1.39. The minimum atomic E-state index is -1.39. The number of hydrogen-bond acceptors (Lipinski definition) is 3. The highest BCUT2D eigenvalue weighted by Gasteiger charge is 2.39. The summed E-state index contributed by atoms with van der Waals surface area (Å²) in [4.78, 5) is 20.8. The van der Waals surface area contributed by atoms with Crippen LogP contribution in [0.25, 0.3) is 10.6 Å². The second-order valence-electron chi connectivity index (χ2n) is 1.55. The van der Waals surface area contributed by atoms with Crippen molar-refractivity contribution < 1.29 is 9.31 Å².